The minimum absolute atomic E-state index is 0.229. The number of thiophene rings is 1. The van der Waals surface area contributed by atoms with Crippen molar-refractivity contribution in [1.82, 2.24) is 14.3 Å². The van der Waals surface area contributed by atoms with Gasteiger partial charge in [-0.25, -0.2) is 0 Å². The summed E-state index contributed by atoms with van der Waals surface area (Å²) < 4.78 is 4.15. The van der Waals surface area contributed by atoms with E-state index >= 15 is 0 Å². The molecule has 0 unspecified atom stereocenters. The van der Waals surface area contributed by atoms with Gasteiger partial charge in [0.05, 0.1) is 21.3 Å². The first-order valence-electron chi connectivity index (χ1n) is 10.9. The molecule has 2 aromatic carbocycles. The van der Waals surface area contributed by atoms with E-state index in [0.29, 0.717) is 23.1 Å². The molecule has 0 fully saturated rings. The molecule has 5 rings (SSSR count). The summed E-state index contributed by atoms with van der Waals surface area (Å²) in [4.78, 5) is 30.4. The summed E-state index contributed by atoms with van der Waals surface area (Å²) in [6.45, 7) is 6.44. The average molecular weight is 457 g/mol. The topological polar surface area (TPSA) is 60.1 Å². The highest BCUT2D eigenvalue weighted by atomic mass is 32.1. The Bertz CT molecular complexity index is 1560. The van der Waals surface area contributed by atoms with Crippen molar-refractivity contribution in [1.29, 1.82) is 0 Å². The van der Waals surface area contributed by atoms with Crippen LogP contribution in [0, 0.1) is 13.8 Å². The molecule has 0 radical (unpaired) electrons. The monoisotopic (exact) mass is 456 g/mol. The van der Waals surface area contributed by atoms with Crippen molar-refractivity contribution in [3.63, 3.8) is 0 Å². The van der Waals surface area contributed by atoms with Crippen molar-refractivity contribution in [2.45, 2.75) is 20.8 Å². The fraction of sp³-hybridized carbons (Fsp3) is 0.192. The minimum Gasteiger partial charge on any atom is -0.338 e. The predicted octanol–water partition coefficient (Wildman–Crippen LogP) is 5.22. The largest absolute Gasteiger partial charge is 0.338 e. The lowest BCUT2D eigenvalue weighted by Crippen LogP contribution is -2.34. The number of hydrogen-bond acceptors (Lipinski definition) is 4. The van der Waals surface area contributed by atoms with Crippen molar-refractivity contribution in [3.05, 3.63) is 87.2 Å². The molecule has 0 aliphatic heterocycles. The Hall–Kier alpha value is -3.71. The van der Waals surface area contributed by atoms with Crippen LogP contribution in [-0.4, -0.2) is 26.8 Å². The number of carbonyl (C=O) groups is 1. The molecule has 0 saturated carbocycles. The summed E-state index contributed by atoms with van der Waals surface area (Å²) in [5.74, 6) is -0.229. The molecule has 0 N–H and O–H groups in total. The molecule has 0 bridgehead atoms. The normalized spacial score (nSPS) is 11.4. The van der Waals surface area contributed by atoms with Crippen LogP contribution < -0.4 is 10.5 Å². The van der Waals surface area contributed by atoms with E-state index in [-0.39, 0.29) is 17.2 Å². The molecule has 7 heteroatoms. The molecule has 6 nitrogen and oxygen atoms in total. The Morgan fingerprint density at radius 3 is 2.42 bits per heavy atom. The molecule has 1 amide bonds. The predicted molar refractivity (Wildman–Crippen MR) is 135 cm³/mol. The number of amides is 1. The van der Waals surface area contributed by atoms with Gasteiger partial charge in [-0.15, -0.1) is 11.3 Å². The Morgan fingerprint density at radius 1 is 1.06 bits per heavy atom. The van der Waals surface area contributed by atoms with E-state index < -0.39 is 0 Å². The van der Waals surface area contributed by atoms with Gasteiger partial charge in [0.15, 0.2) is 5.69 Å². The highest BCUT2D eigenvalue weighted by Crippen LogP contribution is 2.35. The number of hydrogen-bond donors (Lipinski definition) is 0. The van der Waals surface area contributed by atoms with Gasteiger partial charge >= 0.3 is 0 Å². The quantitative estimate of drug-likeness (QED) is 0.372. The van der Waals surface area contributed by atoms with Crippen LogP contribution in [0.2, 0.25) is 0 Å². The van der Waals surface area contributed by atoms with Gasteiger partial charge in [-0.1, -0.05) is 35.9 Å². The minimum atomic E-state index is -0.239. The second-order valence-corrected chi connectivity index (χ2v) is 9.40. The van der Waals surface area contributed by atoms with Crippen LogP contribution in [0.15, 0.2) is 65.5 Å². The Morgan fingerprint density at radius 2 is 1.76 bits per heavy atom. The van der Waals surface area contributed by atoms with E-state index in [4.69, 9.17) is 0 Å². The summed E-state index contributed by atoms with van der Waals surface area (Å²) in [6.07, 6.45) is 0. The molecule has 3 aromatic heterocycles. The van der Waals surface area contributed by atoms with Crippen molar-refractivity contribution in [2.24, 2.45) is 7.05 Å². The second kappa shape index (κ2) is 8.01. The van der Waals surface area contributed by atoms with Crippen molar-refractivity contribution in [2.75, 3.05) is 11.4 Å². The maximum Gasteiger partial charge on any atom is 0.296 e. The smallest absolute Gasteiger partial charge is 0.296 e. The highest BCUT2D eigenvalue weighted by Gasteiger charge is 2.27. The van der Waals surface area contributed by atoms with Crippen molar-refractivity contribution < 1.29 is 4.79 Å². The maximum atomic E-state index is 13.9. The highest BCUT2D eigenvalue weighted by molar-refractivity contribution is 7.20. The summed E-state index contributed by atoms with van der Waals surface area (Å²) in [7, 11) is 1.88. The third-order valence-corrected chi connectivity index (χ3v) is 7.00. The average Bonchev–Trinajstić information content (AvgIpc) is 3.32. The van der Waals surface area contributed by atoms with Crippen molar-refractivity contribution >= 4 is 44.1 Å². The Kier molecular flexibility index (Phi) is 5.13. The summed E-state index contributed by atoms with van der Waals surface area (Å²) in [5, 5.41) is 5.30. The van der Waals surface area contributed by atoms with E-state index in [1.165, 1.54) is 4.68 Å². The SMILES string of the molecule is CCN(C(=O)c1nn(-c2ccc(C)cc2)c(=O)c2c1c1sc(C)cc1n2C)c1ccccc1. The van der Waals surface area contributed by atoms with Gasteiger partial charge in [0.25, 0.3) is 11.5 Å². The number of carbonyl (C=O) groups excluding carboxylic acids is 1. The van der Waals surface area contributed by atoms with E-state index in [1.807, 2.05) is 87.0 Å². The van der Waals surface area contributed by atoms with Crippen LogP contribution >= 0.6 is 11.3 Å². The van der Waals surface area contributed by atoms with Crippen LogP contribution in [0.3, 0.4) is 0 Å². The van der Waals surface area contributed by atoms with Crippen LogP contribution in [-0.2, 0) is 7.05 Å². The first-order chi connectivity index (χ1) is 15.9. The van der Waals surface area contributed by atoms with E-state index in [1.54, 1.807) is 16.2 Å². The number of aryl methyl sites for hydroxylation is 3. The number of nitrogens with zero attached hydrogens (tertiary/aromatic N) is 4. The van der Waals surface area contributed by atoms with Gasteiger partial charge in [-0.3, -0.25) is 9.59 Å². The van der Waals surface area contributed by atoms with E-state index in [2.05, 4.69) is 11.2 Å². The molecule has 0 atom stereocenters. The number of anilines is 1. The van der Waals surface area contributed by atoms with Gasteiger partial charge in [0.2, 0.25) is 0 Å². The molecular formula is C26H24N4O2S. The molecule has 0 spiro atoms. The molecule has 3 heterocycles. The molecule has 0 aliphatic rings. The van der Waals surface area contributed by atoms with Gasteiger partial charge in [-0.2, -0.15) is 9.78 Å². The zero-order chi connectivity index (χ0) is 23.3. The third-order valence-electron chi connectivity index (χ3n) is 5.94. The molecular weight excluding hydrogens is 432 g/mol. The van der Waals surface area contributed by atoms with Crippen molar-refractivity contribution in [3.8, 4) is 5.69 Å². The number of rotatable bonds is 4. The zero-order valence-electron chi connectivity index (χ0n) is 19.0. The molecule has 0 aliphatic carbocycles. The Labute approximate surface area is 195 Å². The van der Waals surface area contributed by atoms with Gasteiger partial charge < -0.3 is 9.47 Å². The number of aromatic nitrogens is 3. The van der Waals surface area contributed by atoms with Crippen LogP contribution in [0.5, 0.6) is 0 Å². The van der Waals surface area contributed by atoms with E-state index in [0.717, 1.165) is 26.3 Å². The van der Waals surface area contributed by atoms with E-state index in [9.17, 15) is 9.59 Å². The van der Waals surface area contributed by atoms with Crippen LogP contribution in [0.25, 0.3) is 26.8 Å². The number of benzene rings is 2. The summed E-state index contributed by atoms with van der Waals surface area (Å²) >= 11 is 1.58. The zero-order valence-corrected chi connectivity index (χ0v) is 19.8. The first kappa shape index (κ1) is 21.2. The molecule has 33 heavy (non-hydrogen) atoms. The lowest BCUT2D eigenvalue weighted by atomic mass is 10.2. The molecule has 0 saturated heterocycles. The van der Waals surface area contributed by atoms with Gasteiger partial charge in [0.1, 0.15) is 5.52 Å². The molecule has 5 aromatic rings. The standard InChI is InChI=1S/C26H24N4O2S/c1-5-29(18-9-7-6-8-10-18)25(31)22-21-23(28(4)20-15-17(3)33-24(20)21)26(32)30(27-22)19-13-11-16(2)12-14-19/h6-15H,5H2,1-4H3. The fourth-order valence-electron chi connectivity index (χ4n) is 4.28. The Balaban J connectivity index is 1.85. The van der Waals surface area contributed by atoms with Gasteiger partial charge in [-0.05, 0) is 51.1 Å². The second-order valence-electron chi connectivity index (χ2n) is 8.14. The summed E-state index contributed by atoms with van der Waals surface area (Å²) in [6, 6.07) is 19.2. The summed E-state index contributed by atoms with van der Waals surface area (Å²) in [5.41, 5.74) is 3.97. The van der Waals surface area contributed by atoms with Gasteiger partial charge in [0, 0.05) is 24.2 Å². The maximum absolute atomic E-state index is 13.9. The number of para-hydroxylation sites is 1. The number of fused-ring (bicyclic) bond motifs is 3. The fourth-order valence-corrected chi connectivity index (χ4v) is 5.37. The lowest BCUT2D eigenvalue weighted by molar-refractivity contribution is 0.0983. The van der Waals surface area contributed by atoms with Crippen LogP contribution in [0.4, 0.5) is 5.69 Å². The van der Waals surface area contributed by atoms with Crippen LogP contribution in [0.1, 0.15) is 27.9 Å². The lowest BCUT2D eigenvalue weighted by Gasteiger charge is -2.21. The first-order valence-corrected chi connectivity index (χ1v) is 11.7. The molecule has 166 valence electrons. The third kappa shape index (κ3) is 3.36.